The minimum absolute atomic E-state index is 0.153. The van der Waals surface area contributed by atoms with Crippen molar-refractivity contribution in [1.29, 1.82) is 0 Å². The lowest BCUT2D eigenvalue weighted by molar-refractivity contribution is -0.393. The van der Waals surface area contributed by atoms with E-state index in [0.717, 1.165) is 43.9 Å². The molecule has 0 fully saturated rings. The summed E-state index contributed by atoms with van der Waals surface area (Å²) in [4.78, 5) is 20.8. The van der Waals surface area contributed by atoms with Gasteiger partial charge in [-0.05, 0) is 50.2 Å². The first-order chi connectivity index (χ1) is 12.5. The van der Waals surface area contributed by atoms with Gasteiger partial charge >= 0.3 is 5.69 Å². The molecule has 0 saturated carbocycles. The molecule has 1 aliphatic carbocycles. The summed E-state index contributed by atoms with van der Waals surface area (Å²) in [5.41, 5.74) is 4.40. The van der Waals surface area contributed by atoms with Gasteiger partial charge in [0.1, 0.15) is 5.69 Å². The first-order valence-electron chi connectivity index (χ1n) is 8.93. The van der Waals surface area contributed by atoms with E-state index in [1.165, 1.54) is 24.1 Å². The van der Waals surface area contributed by atoms with E-state index in [1.807, 2.05) is 0 Å². The maximum Gasteiger partial charge on any atom is 0.301 e. The highest BCUT2D eigenvalue weighted by Crippen LogP contribution is 2.30. The Bertz CT molecular complexity index is 739. The van der Waals surface area contributed by atoms with Gasteiger partial charge in [0, 0.05) is 12.0 Å². The third-order valence-corrected chi connectivity index (χ3v) is 4.68. The Morgan fingerprint density at radius 2 is 1.92 bits per heavy atom. The Hall–Kier alpha value is -2.77. The molecule has 0 spiro atoms. The molecule has 26 heavy (non-hydrogen) atoms. The molecule has 0 radical (unpaired) electrons. The number of anilines is 1. The van der Waals surface area contributed by atoms with Crippen LogP contribution in [0.5, 0.6) is 0 Å². The topological polar surface area (TPSA) is 111 Å². The summed E-state index contributed by atoms with van der Waals surface area (Å²) in [5.74, 6) is 0.268. The quantitative estimate of drug-likeness (QED) is 0.389. The Morgan fingerprint density at radius 3 is 2.46 bits per heavy atom. The normalized spacial score (nSPS) is 14.9. The molecule has 2 rings (SSSR count). The number of nitro groups is 2. The van der Waals surface area contributed by atoms with Crippen molar-refractivity contribution < 1.29 is 9.85 Å². The lowest BCUT2D eigenvalue weighted by Gasteiger charge is -2.21. The van der Waals surface area contributed by atoms with Crippen LogP contribution in [0.1, 0.15) is 52.4 Å². The van der Waals surface area contributed by atoms with Gasteiger partial charge in [-0.25, -0.2) is 0 Å². The number of benzene rings is 1. The van der Waals surface area contributed by atoms with Crippen molar-refractivity contribution in [2.24, 2.45) is 11.0 Å². The van der Waals surface area contributed by atoms with Gasteiger partial charge in [-0.15, -0.1) is 0 Å². The average Bonchev–Trinajstić information content (AvgIpc) is 2.65. The zero-order valence-corrected chi connectivity index (χ0v) is 15.1. The first kappa shape index (κ1) is 19.6. The molecule has 1 N–H and O–H groups in total. The van der Waals surface area contributed by atoms with Gasteiger partial charge < -0.3 is 0 Å². The molecule has 140 valence electrons. The lowest BCUT2D eigenvalue weighted by Crippen LogP contribution is -2.19. The van der Waals surface area contributed by atoms with E-state index >= 15 is 0 Å². The summed E-state index contributed by atoms with van der Waals surface area (Å²) in [6, 6.07) is 3.52. The van der Waals surface area contributed by atoms with E-state index in [0.29, 0.717) is 0 Å². The molecular formula is C18H24N4O4. The molecule has 8 heteroatoms. The smallest absolute Gasteiger partial charge is 0.271 e. The van der Waals surface area contributed by atoms with Crippen molar-refractivity contribution >= 4 is 22.8 Å². The zero-order valence-electron chi connectivity index (χ0n) is 15.1. The van der Waals surface area contributed by atoms with Crippen LogP contribution in [0, 0.1) is 26.1 Å². The number of allylic oxidation sites excluding steroid dienone is 2. The Labute approximate surface area is 152 Å². The molecule has 0 aromatic heterocycles. The molecule has 1 aromatic rings. The van der Waals surface area contributed by atoms with Crippen molar-refractivity contribution in [2.45, 2.75) is 52.4 Å². The van der Waals surface area contributed by atoms with Crippen LogP contribution < -0.4 is 5.43 Å². The number of nitrogens with zero attached hydrogens (tertiary/aromatic N) is 3. The highest BCUT2D eigenvalue weighted by molar-refractivity contribution is 6.02. The molecular weight excluding hydrogens is 336 g/mol. The van der Waals surface area contributed by atoms with E-state index in [9.17, 15) is 20.2 Å². The SMILES string of the molecule is CCC(CC)/C(=N/Nc1ccc([N+](=O)[O-])cc1[N+](=O)[O-])C1=CCCCC1. The minimum Gasteiger partial charge on any atom is -0.271 e. The fourth-order valence-electron chi connectivity index (χ4n) is 3.17. The van der Waals surface area contributed by atoms with Crippen LogP contribution in [0.15, 0.2) is 34.9 Å². The van der Waals surface area contributed by atoms with E-state index in [4.69, 9.17) is 0 Å². The van der Waals surface area contributed by atoms with Crippen LogP contribution in [0.25, 0.3) is 0 Å². The van der Waals surface area contributed by atoms with Crippen molar-refractivity contribution in [3.8, 4) is 0 Å². The van der Waals surface area contributed by atoms with E-state index in [2.05, 4.69) is 30.5 Å². The molecule has 1 aliphatic rings. The molecule has 0 bridgehead atoms. The molecule has 0 unspecified atom stereocenters. The molecule has 8 nitrogen and oxygen atoms in total. The number of nitro benzene ring substituents is 2. The first-order valence-corrected chi connectivity index (χ1v) is 8.93. The lowest BCUT2D eigenvalue weighted by atomic mass is 9.86. The standard InChI is InChI=1S/C18H24N4O4/c1-3-13(4-2)18(14-8-6-5-7-9-14)20-19-16-11-10-15(21(23)24)12-17(16)22(25)26/h8,10-13,19H,3-7,9H2,1-2H3/b20-18-. The van der Waals surface area contributed by atoms with Crippen LogP contribution in [0.2, 0.25) is 0 Å². The second-order valence-electron chi connectivity index (χ2n) is 6.31. The number of nitrogens with one attached hydrogen (secondary N) is 1. The monoisotopic (exact) mass is 360 g/mol. The van der Waals surface area contributed by atoms with Crippen LogP contribution in [0.3, 0.4) is 0 Å². The molecule has 0 aliphatic heterocycles. The highest BCUT2D eigenvalue weighted by atomic mass is 16.6. The van der Waals surface area contributed by atoms with E-state index in [1.54, 1.807) is 0 Å². The fraction of sp³-hybridized carbons (Fsp3) is 0.500. The highest BCUT2D eigenvalue weighted by Gasteiger charge is 2.21. The van der Waals surface area contributed by atoms with Crippen LogP contribution >= 0.6 is 0 Å². The maximum absolute atomic E-state index is 11.3. The van der Waals surface area contributed by atoms with Crippen LogP contribution in [0.4, 0.5) is 17.1 Å². The van der Waals surface area contributed by atoms with Gasteiger partial charge in [0.2, 0.25) is 0 Å². The molecule has 0 saturated heterocycles. The number of rotatable bonds is 8. The number of hydrazone groups is 1. The van der Waals surface area contributed by atoms with Crippen molar-refractivity contribution in [2.75, 3.05) is 5.43 Å². The Balaban J connectivity index is 2.38. The van der Waals surface area contributed by atoms with Crippen molar-refractivity contribution in [3.05, 3.63) is 50.1 Å². The fourth-order valence-corrected chi connectivity index (χ4v) is 3.17. The number of hydrogen-bond donors (Lipinski definition) is 1. The third-order valence-electron chi connectivity index (χ3n) is 4.68. The van der Waals surface area contributed by atoms with E-state index in [-0.39, 0.29) is 23.0 Å². The van der Waals surface area contributed by atoms with Gasteiger partial charge in [0.25, 0.3) is 5.69 Å². The summed E-state index contributed by atoms with van der Waals surface area (Å²) in [5, 5.41) is 26.6. The summed E-state index contributed by atoms with van der Waals surface area (Å²) in [7, 11) is 0. The van der Waals surface area contributed by atoms with Crippen LogP contribution in [-0.4, -0.2) is 15.6 Å². The van der Waals surface area contributed by atoms with Gasteiger partial charge in [-0.3, -0.25) is 25.7 Å². The third kappa shape index (κ3) is 4.65. The maximum atomic E-state index is 11.3. The summed E-state index contributed by atoms with van der Waals surface area (Å²) < 4.78 is 0. The Kier molecular flexibility index (Phi) is 6.82. The van der Waals surface area contributed by atoms with Gasteiger partial charge in [0.15, 0.2) is 0 Å². The average molecular weight is 360 g/mol. The Morgan fingerprint density at radius 1 is 1.19 bits per heavy atom. The molecule has 1 aromatic carbocycles. The summed E-state index contributed by atoms with van der Waals surface area (Å²) >= 11 is 0. The van der Waals surface area contributed by atoms with E-state index < -0.39 is 9.85 Å². The second kappa shape index (κ2) is 9.07. The summed E-state index contributed by atoms with van der Waals surface area (Å²) in [6.45, 7) is 4.20. The zero-order chi connectivity index (χ0) is 19.1. The molecule has 0 atom stereocenters. The predicted molar refractivity (Wildman–Crippen MR) is 101 cm³/mol. The van der Waals surface area contributed by atoms with Gasteiger partial charge in [0.05, 0.1) is 21.6 Å². The van der Waals surface area contributed by atoms with Crippen LogP contribution in [-0.2, 0) is 0 Å². The largest absolute Gasteiger partial charge is 0.301 e. The summed E-state index contributed by atoms with van der Waals surface area (Å²) in [6.07, 6.45) is 8.31. The van der Waals surface area contributed by atoms with Crippen molar-refractivity contribution in [3.63, 3.8) is 0 Å². The number of hydrogen-bond acceptors (Lipinski definition) is 6. The van der Waals surface area contributed by atoms with Crippen molar-refractivity contribution in [1.82, 2.24) is 0 Å². The number of non-ortho nitro benzene ring substituents is 1. The molecule has 0 amide bonds. The van der Waals surface area contributed by atoms with Gasteiger partial charge in [-0.1, -0.05) is 19.9 Å². The predicted octanol–water partition coefficient (Wildman–Crippen LogP) is 5.21. The second-order valence-corrected chi connectivity index (χ2v) is 6.31. The van der Waals surface area contributed by atoms with Gasteiger partial charge in [-0.2, -0.15) is 5.10 Å². The molecule has 0 heterocycles. The minimum atomic E-state index is -0.650.